The van der Waals surface area contributed by atoms with Gasteiger partial charge in [0.25, 0.3) is 0 Å². The number of nitrogens with two attached hydrogens (primary N) is 1. The number of hydrogen-bond donors (Lipinski definition) is 1. The van der Waals surface area contributed by atoms with Crippen LogP contribution in [0.5, 0.6) is 5.75 Å². The lowest BCUT2D eigenvalue weighted by Gasteiger charge is -2.09. The molecule has 0 saturated carbocycles. The molecule has 0 aliphatic carbocycles. The van der Waals surface area contributed by atoms with Crippen molar-refractivity contribution in [3.8, 4) is 5.75 Å². The van der Waals surface area contributed by atoms with Gasteiger partial charge in [-0.1, -0.05) is 6.07 Å². The number of benzene rings is 1. The Labute approximate surface area is 100 Å². The Hall–Kier alpha value is -0.950. The molecule has 0 atom stereocenters. The molecule has 0 spiro atoms. The van der Waals surface area contributed by atoms with Crippen LogP contribution in [0.15, 0.2) is 18.2 Å². The highest BCUT2D eigenvalue weighted by molar-refractivity contribution is 8.00. The average molecular weight is 269 g/mol. The van der Waals surface area contributed by atoms with Gasteiger partial charge in [0, 0.05) is 12.3 Å². The van der Waals surface area contributed by atoms with E-state index in [1.54, 1.807) is 6.07 Å². The van der Waals surface area contributed by atoms with Crippen molar-refractivity contribution in [2.24, 2.45) is 5.73 Å². The number of alkyl halides is 3. The zero-order valence-corrected chi connectivity index (χ0v) is 9.58. The van der Waals surface area contributed by atoms with E-state index in [1.807, 2.05) is 0 Å². The third-order valence-corrected chi connectivity index (χ3v) is 2.54. The average Bonchev–Trinajstić information content (AvgIpc) is 2.24. The van der Waals surface area contributed by atoms with Crippen molar-refractivity contribution in [3.05, 3.63) is 29.6 Å². The second kappa shape index (κ2) is 6.11. The number of halogens is 4. The van der Waals surface area contributed by atoms with E-state index >= 15 is 0 Å². The minimum Gasteiger partial charge on any atom is -0.490 e. The summed E-state index contributed by atoms with van der Waals surface area (Å²) in [7, 11) is 0. The first-order chi connectivity index (χ1) is 7.92. The molecule has 2 N–H and O–H groups in total. The third-order valence-electron chi connectivity index (χ3n) is 1.84. The minimum absolute atomic E-state index is 0.0648. The second-order valence-corrected chi connectivity index (χ2v) is 4.27. The fourth-order valence-electron chi connectivity index (χ4n) is 1.10. The number of rotatable bonds is 5. The van der Waals surface area contributed by atoms with Gasteiger partial charge in [0.2, 0.25) is 0 Å². The molecule has 0 bridgehead atoms. The normalized spacial score (nSPS) is 11.6. The maximum Gasteiger partial charge on any atom is 0.441 e. The smallest absolute Gasteiger partial charge is 0.441 e. The lowest BCUT2D eigenvalue weighted by Crippen LogP contribution is -2.08. The predicted molar refractivity (Wildman–Crippen MR) is 58.3 cm³/mol. The van der Waals surface area contributed by atoms with E-state index in [2.05, 4.69) is 0 Å². The molecule has 2 nitrogen and oxygen atoms in total. The van der Waals surface area contributed by atoms with Crippen molar-refractivity contribution in [2.45, 2.75) is 12.1 Å². The maximum atomic E-state index is 13.3. The molecule has 1 aromatic carbocycles. The predicted octanol–water partition coefficient (Wildman–Crippen LogP) is 2.92. The van der Waals surface area contributed by atoms with Gasteiger partial charge in [-0.05, 0) is 29.5 Å². The monoisotopic (exact) mass is 269 g/mol. The molecule has 0 radical (unpaired) electrons. The summed E-state index contributed by atoms with van der Waals surface area (Å²) in [5.41, 5.74) is 1.61. The summed E-state index contributed by atoms with van der Waals surface area (Å²) >= 11 is -0.201. The standard InChI is InChI=1S/C10H11F4NOS/c11-8-5-7(6-15)1-2-9(8)16-3-4-17-10(12,13)14/h1-2,5H,3-4,6,15H2. The first-order valence-corrected chi connectivity index (χ1v) is 5.73. The Balaban J connectivity index is 2.42. The second-order valence-electron chi connectivity index (χ2n) is 3.11. The van der Waals surface area contributed by atoms with Crippen molar-refractivity contribution in [3.63, 3.8) is 0 Å². The van der Waals surface area contributed by atoms with E-state index in [1.165, 1.54) is 12.1 Å². The van der Waals surface area contributed by atoms with Crippen LogP contribution in [0.1, 0.15) is 5.56 Å². The summed E-state index contributed by atoms with van der Waals surface area (Å²) in [6, 6.07) is 4.12. The van der Waals surface area contributed by atoms with Crippen LogP contribution < -0.4 is 10.5 Å². The fraction of sp³-hybridized carbons (Fsp3) is 0.400. The largest absolute Gasteiger partial charge is 0.490 e. The Bertz CT molecular complexity index is 370. The Morgan fingerprint density at radius 1 is 1.29 bits per heavy atom. The highest BCUT2D eigenvalue weighted by Crippen LogP contribution is 2.30. The molecule has 17 heavy (non-hydrogen) atoms. The molecule has 0 saturated heterocycles. The van der Waals surface area contributed by atoms with Crippen molar-refractivity contribution in [1.29, 1.82) is 0 Å². The zero-order valence-electron chi connectivity index (χ0n) is 8.76. The van der Waals surface area contributed by atoms with Crippen LogP contribution in [0.3, 0.4) is 0 Å². The van der Waals surface area contributed by atoms with E-state index in [9.17, 15) is 17.6 Å². The summed E-state index contributed by atoms with van der Waals surface area (Å²) in [5, 5.41) is 0. The molecule has 1 aromatic rings. The summed E-state index contributed by atoms with van der Waals surface area (Å²) < 4.78 is 53.5. The summed E-state index contributed by atoms with van der Waals surface area (Å²) in [4.78, 5) is 0. The van der Waals surface area contributed by atoms with Gasteiger partial charge in [-0.2, -0.15) is 13.2 Å². The number of ether oxygens (including phenoxy) is 1. The number of hydrogen-bond acceptors (Lipinski definition) is 3. The van der Waals surface area contributed by atoms with Crippen molar-refractivity contribution in [1.82, 2.24) is 0 Å². The molecule has 0 aliphatic rings. The lowest BCUT2D eigenvalue weighted by atomic mass is 10.2. The van der Waals surface area contributed by atoms with Gasteiger partial charge in [0.1, 0.15) is 0 Å². The van der Waals surface area contributed by atoms with Gasteiger partial charge < -0.3 is 10.5 Å². The Morgan fingerprint density at radius 2 is 2.00 bits per heavy atom. The first kappa shape index (κ1) is 14.1. The molecular formula is C10H11F4NOS. The number of thioether (sulfide) groups is 1. The lowest BCUT2D eigenvalue weighted by molar-refractivity contribution is -0.0329. The zero-order chi connectivity index (χ0) is 12.9. The van der Waals surface area contributed by atoms with Gasteiger partial charge in [-0.15, -0.1) is 0 Å². The SMILES string of the molecule is NCc1ccc(OCCSC(F)(F)F)c(F)c1. The highest BCUT2D eigenvalue weighted by Gasteiger charge is 2.27. The van der Waals surface area contributed by atoms with E-state index in [-0.39, 0.29) is 36.4 Å². The molecule has 0 amide bonds. The first-order valence-electron chi connectivity index (χ1n) is 4.74. The molecule has 0 aliphatic heterocycles. The Morgan fingerprint density at radius 3 is 2.53 bits per heavy atom. The van der Waals surface area contributed by atoms with Gasteiger partial charge in [-0.3, -0.25) is 0 Å². The van der Waals surface area contributed by atoms with E-state index in [4.69, 9.17) is 10.5 Å². The van der Waals surface area contributed by atoms with Crippen molar-refractivity contribution in [2.75, 3.05) is 12.4 Å². The fourth-order valence-corrected chi connectivity index (χ4v) is 1.50. The Kier molecular flexibility index (Phi) is 5.07. The van der Waals surface area contributed by atoms with Crippen LogP contribution in [0.2, 0.25) is 0 Å². The molecule has 96 valence electrons. The van der Waals surface area contributed by atoms with Gasteiger partial charge in [0.15, 0.2) is 11.6 Å². The van der Waals surface area contributed by atoms with E-state index in [0.717, 1.165) is 0 Å². The van der Waals surface area contributed by atoms with Crippen molar-refractivity contribution >= 4 is 11.8 Å². The van der Waals surface area contributed by atoms with Gasteiger partial charge in [-0.25, -0.2) is 4.39 Å². The molecular weight excluding hydrogens is 258 g/mol. The maximum absolute atomic E-state index is 13.3. The molecule has 0 aromatic heterocycles. The van der Waals surface area contributed by atoms with E-state index < -0.39 is 11.3 Å². The van der Waals surface area contributed by atoms with Crippen LogP contribution in [0.25, 0.3) is 0 Å². The third kappa shape index (κ3) is 5.27. The molecule has 0 fully saturated rings. The van der Waals surface area contributed by atoms with Gasteiger partial charge in [0.05, 0.1) is 6.61 Å². The molecule has 1 rings (SSSR count). The summed E-state index contributed by atoms with van der Waals surface area (Å²) in [5.74, 6) is -0.961. The van der Waals surface area contributed by atoms with Crippen LogP contribution in [0.4, 0.5) is 17.6 Å². The molecule has 0 heterocycles. The van der Waals surface area contributed by atoms with Gasteiger partial charge >= 0.3 is 5.51 Å². The van der Waals surface area contributed by atoms with Crippen LogP contribution in [-0.2, 0) is 6.54 Å². The molecule has 7 heteroatoms. The van der Waals surface area contributed by atoms with Crippen LogP contribution in [0, 0.1) is 5.82 Å². The van der Waals surface area contributed by atoms with E-state index in [0.29, 0.717) is 5.56 Å². The summed E-state index contributed by atoms with van der Waals surface area (Å²) in [6.07, 6.45) is 0. The van der Waals surface area contributed by atoms with Crippen molar-refractivity contribution < 1.29 is 22.3 Å². The molecule has 0 unspecified atom stereocenters. The minimum atomic E-state index is -4.29. The summed E-state index contributed by atoms with van der Waals surface area (Å²) in [6.45, 7) is -0.00973. The quantitative estimate of drug-likeness (QED) is 0.659. The van der Waals surface area contributed by atoms with Crippen LogP contribution >= 0.6 is 11.8 Å². The topological polar surface area (TPSA) is 35.2 Å². The highest BCUT2D eigenvalue weighted by atomic mass is 32.2. The van der Waals surface area contributed by atoms with Crippen LogP contribution in [-0.4, -0.2) is 17.9 Å².